The summed E-state index contributed by atoms with van der Waals surface area (Å²) in [6, 6.07) is 0. The summed E-state index contributed by atoms with van der Waals surface area (Å²) in [4.78, 5) is 11.2. The van der Waals surface area contributed by atoms with Crippen LogP contribution in [0.3, 0.4) is 0 Å². The van der Waals surface area contributed by atoms with Gasteiger partial charge in [-0.3, -0.25) is 4.79 Å². The summed E-state index contributed by atoms with van der Waals surface area (Å²) in [6.07, 6.45) is 15.0. The Kier molecular flexibility index (Phi) is 6.38. The van der Waals surface area contributed by atoms with Gasteiger partial charge in [-0.2, -0.15) is 0 Å². The zero-order valence-electron chi connectivity index (χ0n) is 10.0. The van der Waals surface area contributed by atoms with Crippen molar-refractivity contribution in [2.45, 2.75) is 64.7 Å². The van der Waals surface area contributed by atoms with Crippen molar-refractivity contribution in [1.29, 1.82) is 0 Å². The maximum atomic E-state index is 11.2. The topological polar surface area (TPSA) is 17.1 Å². The molecule has 86 valence electrons. The van der Waals surface area contributed by atoms with Gasteiger partial charge in [0, 0.05) is 12.8 Å². The third-order valence-electron chi connectivity index (χ3n) is 3.15. The van der Waals surface area contributed by atoms with Crippen molar-refractivity contribution < 1.29 is 4.79 Å². The van der Waals surface area contributed by atoms with Gasteiger partial charge in [-0.1, -0.05) is 38.3 Å². The standard InChI is InChI=1S/C14H24O/c1-2-3-4-5-6-7-9-13-10-8-11-14(15)12-13/h7,9,13H,2-6,8,10-12H2,1H3. The Bertz CT molecular complexity index is 205. The van der Waals surface area contributed by atoms with E-state index in [9.17, 15) is 4.79 Å². The van der Waals surface area contributed by atoms with Gasteiger partial charge in [-0.25, -0.2) is 0 Å². The molecular formula is C14H24O. The van der Waals surface area contributed by atoms with Crippen molar-refractivity contribution >= 4 is 5.78 Å². The highest BCUT2D eigenvalue weighted by Crippen LogP contribution is 2.22. The Morgan fingerprint density at radius 2 is 2.20 bits per heavy atom. The van der Waals surface area contributed by atoms with Gasteiger partial charge in [0.25, 0.3) is 0 Å². The first kappa shape index (κ1) is 12.5. The van der Waals surface area contributed by atoms with Crippen LogP contribution in [0.2, 0.25) is 0 Å². The Labute approximate surface area is 93.9 Å². The van der Waals surface area contributed by atoms with Gasteiger partial charge < -0.3 is 0 Å². The minimum atomic E-state index is 0.460. The maximum absolute atomic E-state index is 11.2. The van der Waals surface area contributed by atoms with E-state index in [1.165, 1.54) is 38.5 Å². The highest BCUT2D eigenvalue weighted by Gasteiger charge is 2.16. The predicted octanol–water partition coefficient (Wildman–Crippen LogP) is 4.27. The summed E-state index contributed by atoms with van der Waals surface area (Å²) in [5.41, 5.74) is 0. The number of carbonyl (C=O) groups excluding carboxylic acids is 1. The largest absolute Gasteiger partial charge is 0.300 e. The number of rotatable bonds is 6. The molecule has 1 unspecified atom stereocenters. The Balaban J connectivity index is 2.06. The number of hydrogen-bond donors (Lipinski definition) is 0. The fourth-order valence-electron chi connectivity index (χ4n) is 2.20. The Morgan fingerprint density at radius 3 is 2.93 bits per heavy atom. The number of hydrogen-bond acceptors (Lipinski definition) is 1. The maximum Gasteiger partial charge on any atom is 0.133 e. The molecule has 0 heterocycles. The molecule has 0 amide bonds. The number of ketones is 1. The third-order valence-corrected chi connectivity index (χ3v) is 3.15. The molecule has 0 aliphatic heterocycles. The SMILES string of the molecule is CCCCCCC=CC1CCCC(=O)C1. The average molecular weight is 208 g/mol. The lowest BCUT2D eigenvalue weighted by atomic mass is 9.88. The molecule has 0 spiro atoms. The lowest BCUT2D eigenvalue weighted by Crippen LogP contribution is -2.12. The monoisotopic (exact) mass is 208 g/mol. The predicted molar refractivity (Wildman–Crippen MR) is 64.9 cm³/mol. The van der Waals surface area contributed by atoms with Crippen molar-refractivity contribution in [2.75, 3.05) is 0 Å². The molecule has 1 fully saturated rings. The van der Waals surface area contributed by atoms with Crippen molar-refractivity contribution in [1.82, 2.24) is 0 Å². The zero-order valence-corrected chi connectivity index (χ0v) is 10.0. The molecule has 0 N–H and O–H groups in total. The average Bonchev–Trinajstić information content (AvgIpc) is 2.23. The van der Waals surface area contributed by atoms with Crippen LogP contribution in [-0.2, 0) is 4.79 Å². The van der Waals surface area contributed by atoms with E-state index in [1.807, 2.05) is 0 Å². The molecule has 1 atom stereocenters. The Morgan fingerprint density at radius 1 is 1.33 bits per heavy atom. The Hall–Kier alpha value is -0.590. The van der Waals surface area contributed by atoms with Gasteiger partial charge in [0.15, 0.2) is 0 Å². The number of carbonyl (C=O) groups is 1. The summed E-state index contributed by atoms with van der Waals surface area (Å²) in [5.74, 6) is 1.01. The molecule has 0 saturated heterocycles. The van der Waals surface area contributed by atoms with E-state index in [1.54, 1.807) is 0 Å². The molecule has 1 heteroatoms. The first-order valence-corrected chi connectivity index (χ1v) is 6.51. The van der Waals surface area contributed by atoms with E-state index in [-0.39, 0.29) is 0 Å². The molecule has 0 aromatic rings. The second-order valence-electron chi connectivity index (χ2n) is 4.67. The van der Waals surface area contributed by atoms with E-state index >= 15 is 0 Å². The summed E-state index contributed by atoms with van der Waals surface area (Å²) < 4.78 is 0. The summed E-state index contributed by atoms with van der Waals surface area (Å²) in [7, 11) is 0. The van der Waals surface area contributed by atoms with Crippen LogP contribution in [-0.4, -0.2) is 5.78 Å². The van der Waals surface area contributed by atoms with Gasteiger partial charge in [0.05, 0.1) is 0 Å². The minimum absolute atomic E-state index is 0.460. The molecule has 0 aromatic carbocycles. The van der Waals surface area contributed by atoms with E-state index < -0.39 is 0 Å². The van der Waals surface area contributed by atoms with Crippen molar-refractivity contribution in [3.63, 3.8) is 0 Å². The van der Waals surface area contributed by atoms with Gasteiger partial charge in [0.1, 0.15) is 5.78 Å². The van der Waals surface area contributed by atoms with Gasteiger partial charge >= 0.3 is 0 Å². The number of Topliss-reactive ketones (excluding diaryl/α,β-unsaturated/α-hetero) is 1. The smallest absolute Gasteiger partial charge is 0.133 e. The fraction of sp³-hybridized carbons (Fsp3) is 0.786. The van der Waals surface area contributed by atoms with Crippen LogP contribution in [0.25, 0.3) is 0 Å². The molecule has 1 saturated carbocycles. The lowest BCUT2D eigenvalue weighted by molar-refractivity contribution is -0.121. The molecule has 1 rings (SSSR count). The minimum Gasteiger partial charge on any atom is -0.300 e. The van der Waals surface area contributed by atoms with Gasteiger partial charge in [-0.15, -0.1) is 0 Å². The quantitative estimate of drug-likeness (QED) is 0.470. The summed E-state index contributed by atoms with van der Waals surface area (Å²) in [6.45, 7) is 2.24. The van der Waals surface area contributed by atoms with Crippen LogP contribution in [0.15, 0.2) is 12.2 Å². The van der Waals surface area contributed by atoms with E-state index in [0.717, 1.165) is 19.3 Å². The van der Waals surface area contributed by atoms with Crippen LogP contribution in [0.5, 0.6) is 0 Å². The molecule has 0 aromatic heterocycles. The van der Waals surface area contributed by atoms with Crippen LogP contribution < -0.4 is 0 Å². The second-order valence-corrected chi connectivity index (χ2v) is 4.67. The van der Waals surface area contributed by atoms with Gasteiger partial charge in [-0.05, 0) is 31.6 Å². The highest BCUT2D eigenvalue weighted by molar-refractivity contribution is 5.79. The normalized spacial score (nSPS) is 22.5. The van der Waals surface area contributed by atoms with Crippen LogP contribution in [0.4, 0.5) is 0 Å². The molecule has 0 radical (unpaired) electrons. The first-order chi connectivity index (χ1) is 7.33. The number of allylic oxidation sites excluding steroid dienone is 2. The van der Waals surface area contributed by atoms with E-state index in [0.29, 0.717) is 11.7 Å². The molecule has 0 bridgehead atoms. The van der Waals surface area contributed by atoms with Crippen LogP contribution >= 0.6 is 0 Å². The lowest BCUT2D eigenvalue weighted by Gasteiger charge is -2.16. The molecule has 1 aliphatic rings. The summed E-state index contributed by atoms with van der Waals surface area (Å²) >= 11 is 0. The first-order valence-electron chi connectivity index (χ1n) is 6.51. The molecule has 15 heavy (non-hydrogen) atoms. The van der Waals surface area contributed by atoms with Crippen molar-refractivity contribution in [3.05, 3.63) is 12.2 Å². The molecule has 1 nitrogen and oxygen atoms in total. The number of unbranched alkanes of at least 4 members (excludes halogenated alkanes) is 4. The van der Waals surface area contributed by atoms with Crippen molar-refractivity contribution in [3.8, 4) is 0 Å². The van der Waals surface area contributed by atoms with Gasteiger partial charge in [0.2, 0.25) is 0 Å². The van der Waals surface area contributed by atoms with Crippen LogP contribution in [0.1, 0.15) is 64.7 Å². The van der Waals surface area contributed by atoms with E-state index in [2.05, 4.69) is 19.1 Å². The summed E-state index contributed by atoms with van der Waals surface area (Å²) in [5, 5.41) is 0. The second kappa shape index (κ2) is 7.67. The molecular weight excluding hydrogens is 184 g/mol. The van der Waals surface area contributed by atoms with E-state index in [4.69, 9.17) is 0 Å². The van der Waals surface area contributed by atoms with Crippen LogP contribution in [0, 0.1) is 5.92 Å². The van der Waals surface area contributed by atoms with Crippen molar-refractivity contribution in [2.24, 2.45) is 5.92 Å². The third kappa shape index (κ3) is 5.76. The fourth-order valence-corrected chi connectivity index (χ4v) is 2.20. The molecule has 1 aliphatic carbocycles. The zero-order chi connectivity index (χ0) is 10.9. The highest BCUT2D eigenvalue weighted by atomic mass is 16.1.